The van der Waals surface area contributed by atoms with Gasteiger partial charge in [-0.15, -0.1) is 0 Å². The maximum absolute atomic E-state index is 12.2. The number of nitrogens with zero attached hydrogens (tertiary/aromatic N) is 1. The molecule has 1 heterocycles. The molecule has 21 heavy (non-hydrogen) atoms. The predicted octanol–water partition coefficient (Wildman–Crippen LogP) is 0.162. The van der Waals surface area contributed by atoms with Crippen LogP contribution in [0, 0.1) is 0 Å². The predicted molar refractivity (Wildman–Crippen MR) is 74.3 cm³/mol. The van der Waals surface area contributed by atoms with Crippen molar-refractivity contribution in [1.82, 2.24) is 10.9 Å². The van der Waals surface area contributed by atoms with Crippen molar-refractivity contribution in [3.05, 3.63) is 29.8 Å². The summed E-state index contributed by atoms with van der Waals surface area (Å²) in [6.45, 7) is 2.74. The van der Waals surface area contributed by atoms with E-state index in [2.05, 4.69) is 10.9 Å². The van der Waals surface area contributed by atoms with Crippen molar-refractivity contribution in [1.29, 1.82) is 0 Å². The molecule has 0 aromatic heterocycles. The summed E-state index contributed by atoms with van der Waals surface area (Å²) in [4.78, 5) is 47.2. The highest BCUT2D eigenvalue weighted by molar-refractivity contribution is 6.22. The van der Waals surface area contributed by atoms with E-state index in [9.17, 15) is 19.2 Å². The average Bonchev–Trinajstić information content (AvgIpc) is 2.71. The number of rotatable bonds is 4. The van der Waals surface area contributed by atoms with Gasteiger partial charge in [0.15, 0.2) is 5.78 Å². The van der Waals surface area contributed by atoms with E-state index in [-0.39, 0.29) is 24.0 Å². The number of benzene rings is 1. The van der Waals surface area contributed by atoms with Crippen LogP contribution in [0.5, 0.6) is 0 Å². The highest BCUT2D eigenvalue weighted by atomic mass is 16.2. The molecule has 110 valence electrons. The molecule has 1 aliphatic rings. The van der Waals surface area contributed by atoms with Crippen molar-refractivity contribution >= 4 is 29.2 Å². The molecule has 1 fully saturated rings. The summed E-state index contributed by atoms with van der Waals surface area (Å²) in [6.07, 6.45) is -0.0342. The van der Waals surface area contributed by atoms with Gasteiger partial charge in [-0.2, -0.15) is 0 Å². The molecule has 0 saturated carbocycles. The normalized spacial score (nSPS) is 18.0. The van der Waals surface area contributed by atoms with Gasteiger partial charge in [-0.3, -0.25) is 24.6 Å². The van der Waals surface area contributed by atoms with Crippen molar-refractivity contribution in [2.45, 2.75) is 26.3 Å². The third kappa shape index (κ3) is 3.14. The molecule has 3 amide bonds. The maximum atomic E-state index is 12.2. The zero-order valence-electron chi connectivity index (χ0n) is 11.7. The van der Waals surface area contributed by atoms with E-state index in [1.54, 1.807) is 24.3 Å². The fourth-order valence-corrected chi connectivity index (χ4v) is 2.05. The van der Waals surface area contributed by atoms with Crippen LogP contribution in [0.2, 0.25) is 0 Å². The summed E-state index contributed by atoms with van der Waals surface area (Å²) >= 11 is 0. The number of hydrogen-bond acceptors (Lipinski definition) is 5. The van der Waals surface area contributed by atoms with Crippen LogP contribution in [0.3, 0.4) is 0 Å². The summed E-state index contributed by atoms with van der Waals surface area (Å²) in [5.41, 5.74) is 5.74. The van der Waals surface area contributed by atoms with E-state index in [0.29, 0.717) is 11.3 Å². The van der Waals surface area contributed by atoms with Crippen molar-refractivity contribution in [3.63, 3.8) is 0 Å². The number of carbonyl (C=O) groups is 4. The molecule has 1 unspecified atom stereocenters. The first kappa shape index (κ1) is 14.9. The number of ketones is 1. The third-order valence-corrected chi connectivity index (χ3v) is 3.10. The molecular weight excluding hydrogens is 274 g/mol. The molecule has 1 aliphatic heterocycles. The monoisotopic (exact) mass is 289 g/mol. The summed E-state index contributed by atoms with van der Waals surface area (Å²) in [5.74, 6) is -1.24. The number of hydrazine groups is 1. The first-order valence-electron chi connectivity index (χ1n) is 6.40. The molecule has 1 saturated heterocycles. The van der Waals surface area contributed by atoms with Crippen molar-refractivity contribution in [2.24, 2.45) is 0 Å². The highest BCUT2D eigenvalue weighted by Gasteiger charge is 2.39. The van der Waals surface area contributed by atoms with E-state index in [4.69, 9.17) is 0 Å². The van der Waals surface area contributed by atoms with Gasteiger partial charge in [0.25, 0.3) is 5.91 Å². The fraction of sp³-hybridized carbons (Fsp3) is 0.286. The second-order valence-corrected chi connectivity index (χ2v) is 4.75. The Morgan fingerprint density at radius 2 is 1.76 bits per heavy atom. The Balaban J connectivity index is 2.16. The summed E-state index contributed by atoms with van der Waals surface area (Å²) in [7, 11) is 0. The molecule has 0 spiro atoms. The molecule has 0 aliphatic carbocycles. The Morgan fingerprint density at radius 3 is 2.29 bits per heavy atom. The Bertz CT molecular complexity index is 609. The van der Waals surface area contributed by atoms with Crippen LogP contribution in [0.15, 0.2) is 24.3 Å². The molecule has 7 nitrogen and oxygen atoms in total. The second-order valence-electron chi connectivity index (χ2n) is 4.75. The Morgan fingerprint density at radius 1 is 1.14 bits per heavy atom. The zero-order chi connectivity index (χ0) is 15.6. The largest absolute Gasteiger partial charge is 0.295 e. The van der Waals surface area contributed by atoms with Crippen LogP contribution in [0.4, 0.5) is 5.69 Å². The lowest BCUT2D eigenvalue weighted by atomic mass is 10.1. The van der Waals surface area contributed by atoms with Crippen molar-refractivity contribution < 1.29 is 19.2 Å². The lowest BCUT2D eigenvalue weighted by Gasteiger charge is -2.15. The number of anilines is 1. The lowest BCUT2D eigenvalue weighted by Crippen LogP contribution is -2.47. The quantitative estimate of drug-likeness (QED) is 0.468. The second kappa shape index (κ2) is 5.84. The first-order chi connectivity index (χ1) is 9.90. The van der Waals surface area contributed by atoms with E-state index in [0.717, 1.165) is 4.90 Å². The summed E-state index contributed by atoms with van der Waals surface area (Å²) in [6, 6.07) is 5.44. The zero-order valence-corrected chi connectivity index (χ0v) is 11.7. The smallest absolute Gasteiger partial charge is 0.253 e. The summed E-state index contributed by atoms with van der Waals surface area (Å²) in [5, 5.41) is 0. The maximum Gasteiger partial charge on any atom is 0.253 e. The van der Waals surface area contributed by atoms with Gasteiger partial charge >= 0.3 is 0 Å². The van der Waals surface area contributed by atoms with Crippen LogP contribution < -0.4 is 15.8 Å². The topological polar surface area (TPSA) is 95.6 Å². The van der Waals surface area contributed by atoms with Gasteiger partial charge in [0, 0.05) is 12.5 Å². The Hall–Kier alpha value is -2.54. The third-order valence-electron chi connectivity index (χ3n) is 3.10. The van der Waals surface area contributed by atoms with E-state index >= 15 is 0 Å². The first-order valence-corrected chi connectivity index (χ1v) is 6.40. The molecule has 7 heteroatoms. The minimum Gasteiger partial charge on any atom is -0.295 e. The lowest BCUT2D eigenvalue weighted by molar-refractivity contribution is -0.122. The molecule has 0 radical (unpaired) electrons. The van der Waals surface area contributed by atoms with Gasteiger partial charge in [-0.25, -0.2) is 10.3 Å². The van der Waals surface area contributed by atoms with Crippen LogP contribution in [0.1, 0.15) is 30.6 Å². The number of Topliss-reactive ketones (excluding diaryl/α,β-unsaturated/α-hetero) is 1. The SMILES string of the molecule is CC(=O)NNC1CC(=O)N(c2ccc(C(C)=O)cc2)C1=O. The molecule has 1 atom stereocenters. The molecule has 1 aromatic carbocycles. The Labute approximate surface area is 121 Å². The van der Waals surface area contributed by atoms with Gasteiger partial charge < -0.3 is 0 Å². The number of nitrogens with one attached hydrogen (secondary N) is 2. The van der Waals surface area contributed by atoms with Crippen LogP contribution >= 0.6 is 0 Å². The van der Waals surface area contributed by atoms with Gasteiger partial charge in [-0.05, 0) is 31.2 Å². The minimum atomic E-state index is -0.783. The molecule has 1 aromatic rings. The fourth-order valence-electron chi connectivity index (χ4n) is 2.05. The molecule has 0 bridgehead atoms. The average molecular weight is 289 g/mol. The standard InChI is InChI=1S/C14H15N3O4/c1-8(18)10-3-5-11(6-4-10)17-13(20)7-12(14(17)21)16-15-9(2)19/h3-6,12,16H,7H2,1-2H3,(H,15,19). The van der Waals surface area contributed by atoms with Crippen LogP contribution in [0.25, 0.3) is 0 Å². The van der Waals surface area contributed by atoms with Crippen molar-refractivity contribution in [3.8, 4) is 0 Å². The molecule has 2 rings (SSSR count). The Kier molecular flexibility index (Phi) is 4.13. The summed E-state index contributed by atoms with van der Waals surface area (Å²) < 4.78 is 0. The van der Waals surface area contributed by atoms with E-state index in [1.165, 1.54) is 13.8 Å². The minimum absolute atomic E-state index is 0.0342. The van der Waals surface area contributed by atoms with Gasteiger partial charge in [-0.1, -0.05) is 0 Å². The number of imide groups is 1. The molecule has 2 N–H and O–H groups in total. The van der Waals surface area contributed by atoms with Crippen LogP contribution in [-0.4, -0.2) is 29.5 Å². The van der Waals surface area contributed by atoms with Crippen molar-refractivity contribution in [2.75, 3.05) is 4.90 Å². The number of amides is 3. The van der Waals surface area contributed by atoms with Gasteiger partial charge in [0.05, 0.1) is 12.1 Å². The van der Waals surface area contributed by atoms with Gasteiger partial charge in [0.2, 0.25) is 11.8 Å². The number of hydrogen-bond donors (Lipinski definition) is 2. The highest BCUT2D eigenvalue weighted by Crippen LogP contribution is 2.23. The van der Waals surface area contributed by atoms with E-state index < -0.39 is 11.9 Å². The number of carbonyl (C=O) groups excluding carboxylic acids is 4. The van der Waals surface area contributed by atoms with Gasteiger partial charge in [0.1, 0.15) is 6.04 Å². The molecular formula is C14H15N3O4. The van der Waals surface area contributed by atoms with E-state index in [1.807, 2.05) is 0 Å². The van der Waals surface area contributed by atoms with Crippen LogP contribution in [-0.2, 0) is 14.4 Å².